The van der Waals surface area contributed by atoms with E-state index in [-0.39, 0.29) is 24.0 Å². The highest BCUT2D eigenvalue weighted by Crippen LogP contribution is 2.11. The van der Waals surface area contributed by atoms with E-state index >= 15 is 0 Å². The van der Waals surface area contributed by atoms with Gasteiger partial charge >= 0.3 is 0 Å². The van der Waals surface area contributed by atoms with Crippen molar-refractivity contribution in [1.29, 1.82) is 0 Å². The first kappa shape index (κ1) is 22.7. The molecule has 0 aliphatic carbocycles. The molecule has 144 valence electrons. The summed E-state index contributed by atoms with van der Waals surface area (Å²) in [6.45, 7) is 5.79. The highest BCUT2D eigenvalue weighted by atomic mass is 127. The van der Waals surface area contributed by atoms with Gasteiger partial charge in [0.15, 0.2) is 5.96 Å². The van der Waals surface area contributed by atoms with Crippen LogP contribution in [-0.4, -0.2) is 32.8 Å². The van der Waals surface area contributed by atoms with Gasteiger partial charge in [0.25, 0.3) is 0 Å². The molecule has 0 radical (unpaired) electrons. The smallest absolute Gasteiger partial charge is 0.191 e. The number of nitrogens with zero attached hydrogens (tertiary/aromatic N) is 1. The maximum absolute atomic E-state index is 5.71. The van der Waals surface area contributed by atoms with Gasteiger partial charge in [-0.05, 0) is 53.4 Å². The van der Waals surface area contributed by atoms with Crippen LogP contribution in [-0.2, 0) is 17.9 Å². The van der Waals surface area contributed by atoms with Crippen molar-refractivity contribution in [2.45, 2.75) is 26.5 Å². The van der Waals surface area contributed by atoms with E-state index in [0.717, 1.165) is 36.8 Å². The summed E-state index contributed by atoms with van der Waals surface area (Å²) in [6.07, 6.45) is 0.930. The number of ether oxygens (including phenoxy) is 2. The molecule has 0 unspecified atom stereocenters. The second-order valence-electron chi connectivity index (χ2n) is 5.51. The Balaban J connectivity index is 0.00000338. The molecule has 0 fully saturated rings. The van der Waals surface area contributed by atoms with Gasteiger partial charge in [0.1, 0.15) is 5.75 Å². The van der Waals surface area contributed by atoms with Crippen LogP contribution in [0.3, 0.4) is 0 Å². The zero-order valence-corrected chi connectivity index (χ0v) is 18.5. The number of hydrogen-bond acceptors (Lipinski definition) is 4. The Morgan fingerprint density at radius 2 is 1.92 bits per heavy atom. The molecule has 0 spiro atoms. The van der Waals surface area contributed by atoms with E-state index in [0.29, 0.717) is 19.8 Å². The molecule has 1 aromatic carbocycles. The van der Waals surface area contributed by atoms with Crippen molar-refractivity contribution < 1.29 is 9.47 Å². The van der Waals surface area contributed by atoms with Crippen LogP contribution in [0.1, 0.15) is 24.5 Å². The predicted molar refractivity (Wildman–Crippen MR) is 120 cm³/mol. The zero-order valence-electron chi connectivity index (χ0n) is 15.4. The molecule has 1 heterocycles. The number of hydrogen-bond donors (Lipinski definition) is 2. The third-order valence-corrected chi connectivity index (χ3v) is 4.26. The zero-order chi connectivity index (χ0) is 17.7. The van der Waals surface area contributed by atoms with Crippen LogP contribution in [0.5, 0.6) is 5.75 Å². The largest absolute Gasteiger partial charge is 0.497 e. The van der Waals surface area contributed by atoms with Gasteiger partial charge in [-0.1, -0.05) is 12.1 Å². The Morgan fingerprint density at radius 1 is 1.12 bits per heavy atom. The van der Waals surface area contributed by atoms with Gasteiger partial charge in [-0.3, -0.25) is 0 Å². The fourth-order valence-corrected chi connectivity index (χ4v) is 2.85. The number of rotatable bonds is 10. The lowest BCUT2D eigenvalue weighted by atomic mass is 10.2. The second-order valence-corrected chi connectivity index (χ2v) is 6.29. The molecule has 26 heavy (non-hydrogen) atoms. The van der Waals surface area contributed by atoms with Crippen molar-refractivity contribution >= 4 is 41.3 Å². The molecule has 2 rings (SSSR count). The van der Waals surface area contributed by atoms with Crippen molar-refractivity contribution in [2.24, 2.45) is 4.99 Å². The van der Waals surface area contributed by atoms with Crippen molar-refractivity contribution in [3.8, 4) is 5.75 Å². The highest BCUT2D eigenvalue weighted by Gasteiger charge is 1.99. The molecule has 0 saturated carbocycles. The van der Waals surface area contributed by atoms with E-state index in [1.807, 2.05) is 24.3 Å². The number of aliphatic imine (C=N–C) groups is 1. The Kier molecular flexibility index (Phi) is 12.1. The van der Waals surface area contributed by atoms with E-state index in [9.17, 15) is 0 Å². The summed E-state index contributed by atoms with van der Waals surface area (Å²) in [6, 6.07) is 10.1. The van der Waals surface area contributed by atoms with E-state index in [1.165, 1.54) is 5.56 Å². The summed E-state index contributed by atoms with van der Waals surface area (Å²) in [5, 5.41) is 10.8. The number of thiophene rings is 1. The first-order chi connectivity index (χ1) is 12.3. The first-order valence-electron chi connectivity index (χ1n) is 8.55. The van der Waals surface area contributed by atoms with Crippen molar-refractivity contribution in [3.63, 3.8) is 0 Å². The number of nitrogens with one attached hydrogen (secondary N) is 2. The lowest BCUT2D eigenvalue weighted by Crippen LogP contribution is -2.38. The number of guanidine groups is 1. The summed E-state index contributed by atoms with van der Waals surface area (Å²) in [4.78, 5) is 4.59. The molecule has 0 aliphatic rings. The molecule has 0 bridgehead atoms. The minimum absolute atomic E-state index is 0. The van der Waals surface area contributed by atoms with Gasteiger partial charge < -0.3 is 20.1 Å². The monoisotopic (exact) mass is 489 g/mol. The van der Waals surface area contributed by atoms with Gasteiger partial charge in [0.2, 0.25) is 0 Å². The van der Waals surface area contributed by atoms with Crippen molar-refractivity contribution in [3.05, 3.63) is 52.2 Å². The quantitative estimate of drug-likeness (QED) is 0.229. The summed E-state index contributed by atoms with van der Waals surface area (Å²) in [7, 11) is 1.67. The Bertz CT molecular complexity index is 618. The SMILES string of the molecule is CCNC(=NCc1ccsc1)NCCCOCc1ccc(OC)cc1.I. The van der Waals surface area contributed by atoms with Gasteiger partial charge in [0, 0.05) is 19.7 Å². The van der Waals surface area contributed by atoms with Crippen LogP contribution in [0.4, 0.5) is 0 Å². The fraction of sp³-hybridized carbons (Fsp3) is 0.421. The second kappa shape index (κ2) is 13.8. The van der Waals surface area contributed by atoms with Crippen LogP contribution in [0.2, 0.25) is 0 Å². The lowest BCUT2D eigenvalue weighted by Gasteiger charge is -2.11. The van der Waals surface area contributed by atoms with Crippen LogP contribution in [0.15, 0.2) is 46.1 Å². The van der Waals surface area contributed by atoms with E-state index < -0.39 is 0 Å². The Hall–Kier alpha value is -1.32. The maximum Gasteiger partial charge on any atom is 0.191 e. The molecule has 1 aromatic heterocycles. The number of halogens is 1. The molecular formula is C19H28IN3O2S. The molecule has 2 N–H and O–H groups in total. The summed E-state index contributed by atoms with van der Waals surface area (Å²) >= 11 is 1.70. The molecule has 7 heteroatoms. The van der Waals surface area contributed by atoms with Crippen LogP contribution in [0, 0.1) is 0 Å². The number of methoxy groups -OCH3 is 1. The maximum atomic E-state index is 5.71. The van der Waals surface area contributed by atoms with Crippen LogP contribution in [0.25, 0.3) is 0 Å². The normalized spacial score (nSPS) is 10.9. The minimum atomic E-state index is 0. The number of benzene rings is 1. The van der Waals surface area contributed by atoms with Crippen LogP contribution < -0.4 is 15.4 Å². The average Bonchev–Trinajstić information content (AvgIpc) is 3.16. The van der Waals surface area contributed by atoms with Crippen molar-refractivity contribution in [1.82, 2.24) is 10.6 Å². The molecule has 0 atom stereocenters. The topological polar surface area (TPSA) is 54.9 Å². The highest BCUT2D eigenvalue weighted by molar-refractivity contribution is 14.0. The third kappa shape index (κ3) is 8.86. The average molecular weight is 489 g/mol. The summed E-state index contributed by atoms with van der Waals surface area (Å²) in [5.41, 5.74) is 2.39. The lowest BCUT2D eigenvalue weighted by molar-refractivity contribution is 0.119. The van der Waals surface area contributed by atoms with Gasteiger partial charge in [-0.15, -0.1) is 24.0 Å². The molecule has 0 aliphatic heterocycles. The minimum Gasteiger partial charge on any atom is -0.497 e. The molecular weight excluding hydrogens is 461 g/mol. The van der Waals surface area contributed by atoms with E-state index in [1.54, 1.807) is 18.4 Å². The van der Waals surface area contributed by atoms with Crippen molar-refractivity contribution in [2.75, 3.05) is 26.8 Å². The fourth-order valence-electron chi connectivity index (χ4n) is 2.19. The third-order valence-electron chi connectivity index (χ3n) is 3.53. The Morgan fingerprint density at radius 3 is 2.58 bits per heavy atom. The summed E-state index contributed by atoms with van der Waals surface area (Å²) in [5.74, 6) is 1.72. The van der Waals surface area contributed by atoms with E-state index in [4.69, 9.17) is 9.47 Å². The predicted octanol–water partition coefficient (Wildman–Crippen LogP) is 4.04. The Labute approximate surface area is 177 Å². The molecule has 5 nitrogen and oxygen atoms in total. The van der Waals surface area contributed by atoms with Gasteiger partial charge in [-0.25, -0.2) is 4.99 Å². The van der Waals surface area contributed by atoms with Gasteiger partial charge in [0.05, 0.1) is 20.3 Å². The summed E-state index contributed by atoms with van der Waals surface area (Å²) < 4.78 is 10.9. The molecule has 0 saturated heterocycles. The van der Waals surface area contributed by atoms with Gasteiger partial charge in [-0.2, -0.15) is 11.3 Å². The van der Waals surface area contributed by atoms with Crippen LogP contribution >= 0.6 is 35.3 Å². The van der Waals surface area contributed by atoms with E-state index in [2.05, 4.69) is 39.4 Å². The standard InChI is InChI=1S/C19H27N3O2S.HI/c1-3-20-19(22-13-17-9-12-25-15-17)21-10-4-11-24-14-16-5-7-18(23-2)8-6-16;/h5-9,12,15H,3-4,10-11,13-14H2,1-2H3,(H2,20,21,22);1H. The molecule has 0 amide bonds. The first-order valence-corrected chi connectivity index (χ1v) is 9.50. The molecule has 2 aromatic rings.